The van der Waals surface area contributed by atoms with E-state index in [-0.39, 0.29) is 0 Å². The molecule has 0 aliphatic carbocycles. The van der Waals surface area contributed by atoms with E-state index >= 15 is 0 Å². The second kappa shape index (κ2) is 5.27. The Morgan fingerprint density at radius 1 is 1.05 bits per heavy atom. The lowest BCUT2D eigenvalue weighted by Crippen LogP contribution is -2.03. The number of hydrogen-bond acceptors (Lipinski definition) is 4. The Hall–Kier alpha value is -2.66. The second-order valence-corrected chi connectivity index (χ2v) is 5.23. The molecule has 22 heavy (non-hydrogen) atoms. The third-order valence-electron chi connectivity index (χ3n) is 3.50. The van der Waals surface area contributed by atoms with Gasteiger partial charge in [-0.1, -0.05) is 29.8 Å². The molecule has 108 valence electrons. The summed E-state index contributed by atoms with van der Waals surface area (Å²) >= 11 is 6.37. The van der Waals surface area contributed by atoms with E-state index in [0.717, 1.165) is 28.1 Å². The van der Waals surface area contributed by atoms with Gasteiger partial charge in [-0.05, 0) is 24.3 Å². The van der Waals surface area contributed by atoms with Gasteiger partial charge < -0.3 is 5.32 Å². The topological polar surface area (TPSA) is 55.1 Å². The molecule has 5 nitrogen and oxygen atoms in total. The van der Waals surface area contributed by atoms with Crippen molar-refractivity contribution in [1.29, 1.82) is 0 Å². The first kappa shape index (κ1) is 13.0. The van der Waals surface area contributed by atoms with Gasteiger partial charge in [0.2, 0.25) is 0 Å². The molecule has 0 fully saturated rings. The number of rotatable bonds is 3. The zero-order valence-electron chi connectivity index (χ0n) is 11.6. The number of imidazole rings is 1. The highest BCUT2D eigenvalue weighted by molar-refractivity contribution is 6.30. The van der Waals surface area contributed by atoms with E-state index in [1.807, 2.05) is 53.1 Å². The first-order chi connectivity index (χ1) is 10.8. The summed E-state index contributed by atoms with van der Waals surface area (Å²) in [5, 5.41) is 4.88. The summed E-state index contributed by atoms with van der Waals surface area (Å²) in [5.74, 6) is 0.777. The monoisotopic (exact) mass is 309 g/mol. The number of nitrogens with one attached hydrogen (secondary N) is 1. The van der Waals surface area contributed by atoms with Crippen LogP contribution in [0.5, 0.6) is 0 Å². The molecule has 4 aromatic rings. The van der Waals surface area contributed by atoms with Gasteiger partial charge in [0, 0.05) is 11.6 Å². The van der Waals surface area contributed by atoms with Gasteiger partial charge in [0.05, 0.1) is 17.8 Å². The molecule has 0 saturated heterocycles. The third-order valence-corrected chi connectivity index (χ3v) is 3.90. The van der Waals surface area contributed by atoms with Gasteiger partial charge >= 0.3 is 0 Å². The van der Waals surface area contributed by atoms with Gasteiger partial charge in [-0.25, -0.2) is 15.0 Å². The lowest BCUT2D eigenvalue weighted by Gasteiger charge is -2.06. The number of benzene rings is 1. The van der Waals surface area contributed by atoms with Crippen LogP contribution in [0.3, 0.4) is 0 Å². The SMILES string of the molecule is Clc1c(CNc2ncnc3ccccc23)nc2ccccn12. The van der Waals surface area contributed by atoms with E-state index in [9.17, 15) is 0 Å². The Morgan fingerprint density at radius 2 is 1.91 bits per heavy atom. The Bertz CT molecular complexity index is 958. The number of anilines is 1. The first-order valence-electron chi connectivity index (χ1n) is 6.88. The highest BCUT2D eigenvalue weighted by atomic mass is 35.5. The van der Waals surface area contributed by atoms with Crippen LogP contribution in [0.15, 0.2) is 55.0 Å². The van der Waals surface area contributed by atoms with Crippen molar-refractivity contribution in [2.24, 2.45) is 0 Å². The predicted octanol–water partition coefficient (Wildman–Crippen LogP) is 3.54. The molecule has 1 aromatic carbocycles. The van der Waals surface area contributed by atoms with Gasteiger partial charge in [-0.2, -0.15) is 0 Å². The van der Waals surface area contributed by atoms with E-state index < -0.39 is 0 Å². The smallest absolute Gasteiger partial charge is 0.138 e. The molecule has 0 bridgehead atoms. The van der Waals surface area contributed by atoms with Crippen molar-refractivity contribution in [1.82, 2.24) is 19.4 Å². The molecule has 0 radical (unpaired) electrons. The minimum atomic E-state index is 0.502. The van der Waals surface area contributed by atoms with Crippen LogP contribution in [0.1, 0.15) is 5.69 Å². The lowest BCUT2D eigenvalue weighted by molar-refractivity contribution is 1.05. The van der Waals surface area contributed by atoms with Crippen LogP contribution in [0.25, 0.3) is 16.6 Å². The van der Waals surface area contributed by atoms with Crippen LogP contribution >= 0.6 is 11.6 Å². The fourth-order valence-electron chi connectivity index (χ4n) is 2.44. The van der Waals surface area contributed by atoms with Gasteiger partial charge in [0.15, 0.2) is 0 Å². The highest BCUT2D eigenvalue weighted by Crippen LogP contribution is 2.22. The summed E-state index contributed by atoms with van der Waals surface area (Å²) in [7, 11) is 0. The summed E-state index contributed by atoms with van der Waals surface area (Å²) in [6.07, 6.45) is 3.45. The van der Waals surface area contributed by atoms with E-state index in [2.05, 4.69) is 20.3 Å². The van der Waals surface area contributed by atoms with Crippen molar-refractivity contribution < 1.29 is 0 Å². The van der Waals surface area contributed by atoms with E-state index in [4.69, 9.17) is 11.6 Å². The van der Waals surface area contributed by atoms with Crippen LogP contribution in [0.4, 0.5) is 5.82 Å². The normalized spacial score (nSPS) is 11.1. The van der Waals surface area contributed by atoms with E-state index in [1.165, 1.54) is 0 Å². The molecule has 3 heterocycles. The van der Waals surface area contributed by atoms with E-state index in [1.54, 1.807) is 6.33 Å². The summed E-state index contributed by atoms with van der Waals surface area (Å²) < 4.78 is 1.86. The predicted molar refractivity (Wildman–Crippen MR) is 87.1 cm³/mol. The maximum Gasteiger partial charge on any atom is 0.138 e. The highest BCUT2D eigenvalue weighted by Gasteiger charge is 2.10. The average molecular weight is 310 g/mol. The number of hydrogen-bond donors (Lipinski definition) is 1. The molecule has 0 amide bonds. The number of aromatic nitrogens is 4. The first-order valence-corrected chi connectivity index (χ1v) is 7.26. The zero-order valence-corrected chi connectivity index (χ0v) is 12.3. The van der Waals surface area contributed by atoms with Gasteiger partial charge in [0.25, 0.3) is 0 Å². The molecule has 3 aromatic heterocycles. The molecule has 0 spiro atoms. The number of para-hydroxylation sites is 1. The van der Waals surface area contributed by atoms with Crippen molar-refractivity contribution >= 4 is 34.0 Å². The van der Waals surface area contributed by atoms with Gasteiger partial charge in [-0.3, -0.25) is 4.40 Å². The van der Waals surface area contributed by atoms with Crippen LogP contribution in [-0.4, -0.2) is 19.4 Å². The molecule has 0 saturated carbocycles. The molecular formula is C16H12ClN5. The van der Waals surface area contributed by atoms with Crippen LogP contribution in [0, 0.1) is 0 Å². The number of nitrogens with zero attached hydrogens (tertiary/aromatic N) is 4. The van der Waals surface area contributed by atoms with Crippen LogP contribution in [0.2, 0.25) is 5.15 Å². The number of pyridine rings is 1. The Labute approximate surface area is 131 Å². The molecule has 0 aliphatic rings. The summed E-state index contributed by atoms with van der Waals surface area (Å²) in [6.45, 7) is 0.502. The molecular weight excluding hydrogens is 298 g/mol. The Morgan fingerprint density at radius 3 is 2.82 bits per heavy atom. The largest absolute Gasteiger partial charge is 0.364 e. The molecule has 0 aliphatic heterocycles. The maximum absolute atomic E-state index is 6.37. The van der Waals surface area contributed by atoms with Gasteiger partial charge in [0.1, 0.15) is 22.9 Å². The molecule has 1 N–H and O–H groups in total. The summed E-state index contributed by atoms with van der Waals surface area (Å²) in [5.41, 5.74) is 2.52. The summed E-state index contributed by atoms with van der Waals surface area (Å²) in [6, 6.07) is 13.7. The van der Waals surface area contributed by atoms with Crippen molar-refractivity contribution in [2.45, 2.75) is 6.54 Å². The lowest BCUT2D eigenvalue weighted by atomic mass is 10.2. The zero-order chi connectivity index (χ0) is 14.9. The molecule has 6 heteroatoms. The van der Waals surface area contributed by atoms with Crippen LogP contribution < -0.4 is 5.32 Å². The molecule has 0 atom stereocenters. The van der Waals surface area contributed by atoms with Crippen LogP contribution in [-0.2, 0) is 6.54 Å². The Kier molecular flexibility index (Phi) is 3.12. The fourth-order valence-corrected chi connectivity index (χ4v) is 2.69. The summed E-state index contributed by atoms with van der Waals surface area (Å²) in [4.78, 5) is 13.1. The van der Waals surface area contributed by atoms with Crippen molar-refractivity contribution in [3.63, 3.8) is 0 Å². The third kappa shape index (κ3) is 2.16. The maximum atomic E-state index is 6.37. The Balaban J connectivity index is 1.67. The molecule has 0 unspecified atom stereocenters. The number of halogens is 1. The van der Waals surface area contributed by atoms with Crippen molar-refractivity contribution in [3.8, 4) is 0 Å². The van der Waals surface area contributed by atoms with Crippen molar-refractivity contribution in [2.75, 3.05) is 5.32 Å². The minimum Gasteiger partial charge on any atom is -0.364 e. The second-order valence-electron chi connectivity index (χ2n) is 4.87. The fraction of sp³-hybridized carbons (Fsp3) is 0.0625. The van der Waals surface area contributed by atoms with Crippen molar-refractivity contribution in [3.05, 3.63) is 65.8 Å². The standard InChI is InChI=1S/C16H12ClN5/c17-15-13(21-14-7-3-4-8-22(14)15)9-18-16-11-5-1-2-6-12(11)19-10-20-16/h1-8,10H,9H2,(H,18,19,20). The number of fused-ring (bicyclic) bond motifs is 2. The average Bonchev–Trinajstić information content (AvgIpc) is 2.89. The quantitative estimate of drug-likeness (QED) is 0.629. The minimum absolute atomic E-state index is 0.502. The molecule has 4 rings (SSSR count). The van der Waals surface area contributed by atoms with Gasteiger partial charge in [-0.15, -0.1) is 0 Å². The van der Waals surface area contributed by atoms with E-state index in [0.29, 0.717) is 11.7 Å².